The number of benzene rings is 2. The molecule has 8 nitrogen and oxygen atoms in total. The molecule has 0 saturated carbocycles. The Bertz CT molecular complexity index is 1010. The van der Waals surface area contributed by atoms with E-state index < -0.39 is 10.8 Å². The predicted octanol–water partition coefficient (Wildman–Crippen LogP) is 3.09. The first-order valence-electron chi connectivity index (χ1n) is 8.44. The Kier molecular flexibility index (Phi) is 5.81. The van der Waals surface area contributed by atoms with Crippen LogP contribution in [-0.2, 0) is 11.2 Å². The van der Waals surface area contributed by atoms with Crippen LogP contribution in [-0.4, -0.2) is 28.7 Å². The number of carbonyl (C=O) groups is 1. The summed E-state index contributed by atoms with van der Waals surface area (Å²) in [4.78, 5) is 22.6. The molecule has 0 unspecified atom stereocenters. The third-order valence-corrected chi connectivity index (χ3v) is 4.06. The second-order valence-electron chi connectivity index (χ2n) is 5.86. The Balaban J connectivity index is 1.66. The van der Waals surface area contributed by atoms with Crippen LogP contribution in [0.4, 0.5) is 5.69 Å². The second kappa shape index (κ2) is 8.63. The SMILES string of the molecule is COc1ccc(-n2cccc2C=NNC(=O)Cc2ccccc2[N+](=O)[O-])cc1. The van der Waals surface area contributed by atoms with E-state index in [4.69, 9.17) is 4.74 Å². The van der Waals surface area contributed by atoms with Crippen LogP contribution in [0.5, 0.6) is 5.75 Å². The highest BCUT2D eigenvalue weighted by Crippen LogP contribution is 2.18. The predicted molar refractivity (Wildman–Crippen MR) is 105 cm³/mol. The van der Waals surface area contributed by atoms with Gasteiger partial charge in [-0.05, 0) is 36.4 Å². The van der Waals surface area contributed by atoms with Crippen LogP contribution in [0.3, 0.4) is 0 Å². The van der Waals surface area contributed by atoms with Gasteiger partial charge in [-0.3, -0.25) is 14.9 Å². The van der Waals surface area contributed by atoms with Gasteiger partial charge in [0.2, 0.25) is 5.91 Å². The molecular weight excluding hydrogens is 360 g/mol. The quantitative estimate of drug-likeness (QED) is 0.388. The largest absolute Gasteiger partial charge is 0.497 e. The Morgan fingerprint density at radius 1 is 1.18 bits per heavy atom. The molecule has 0 fully saturated rings. The summed E-state index contributed by atoms with van der Waals surface area (Å²) >= 11 is 0. The first-order valence-corrected chi connectivity index (χ1v) is 8.44. The minimum absolute atomic E-state index is 0.0880. The lowest BCUT2D eigenvalue weighted by Crippen LogP contribution is -2.20. The van der Waals surface area contributed by atoms with E-state index in [2.05, 4.69) is 10.5 Å². The lowest BCUT2D eigenvalue weighted by molar-refractivity contribution is -0.385. The monoisotopic (exact) mass is 378 g/mol. The third-order valence-electron chi connectivity index (χ3n) is 4.06. The Morgan fingerprint density at radius 2 is 1.93 bits per heavy atom. The summed E-state index contributed by atoms with van der Waals surface area (Å²) in [5.41, 5.74) is 4.33. The zero-order chi connectivity index (χ0) is 19.9. The molecule has 1 N–H and O–H groups in total. The topological polar surface area (TPSA) is 98.8 Å². The fourth-order valence-corrected chi connectivity index (χ4v) is 2.70. The van der Waals surface area contributed by atoms with E-state index in [-0.39, 0.29) is 12.1 Å². The van der Waals surface area contributed by atoms with Crippen molar-refractivity contribution in [1.82, 2.24) is 9.99 Å². The van der Waals surface area contributed by atoms with Crippen molar-refractivity contribution in [2.24, 2.45) is 5.10 Å². The number of carbonyl (C=O) groups excluding carboxylic acids is 1. The molecule has 8 heteroatoms. The molecule has 3 rings (SSSR count). The summed E-state index contributed by atoms with van der Waals surface area (Å²) in [5, 5.41) is 15.0. The number of rotatable bonds is 7. The summed E-state index contributed by atoms with van der Waals surface area (Å²) in [7, 11) is 1.61. The summed E-state index contributed by atoms with van der Waals surface area (Å²) in [6.45, 7) is 0. The third kappa shape index (κ3) is 4.42. The number of methoxy groups -OCH3 is 1. The molecule has 0 bridgehead atoms. The van der Waals surface area contributed by atoms with E-state index in [1.54, 1.807) is 25.3 Å². The van der Waals surface area contributed by atoms with E-state index in [9.17, 15) is 14.9 Å². The van der Waals surface area contributed by atoms with Crippen molar-refractivity contribution < 1.29 is 14.5 Å². The van der Waals surface area contributed by atoms with Gasteiger partial charge < -0.3 is 9.30 Å². The fraction of sp³-hybridized carbons (Fsp3) is 0.100. The highest BCUT2D eigenvalue weighted by Gasteiger charge is 2.15. The van der Waals surface area contributed by atoms with Gasteiger partial charge in [0.15, 0.2) is 0 Å². The number of hydrazone groups is 1. The van der Waals surface area contributed by atoms with Crippen LogP contribution in [0.15, 0.2) is 72.0 Å². The average molecular weight is 378 g/mol. The van der Waals surface area contributed by atoms with Crippen molar-refractivity contribution in [3.05, 3.63) is 88.2 Å². The number of aromatic nitrogens is 1. The molecule has 2 aromatic carbocycles. The molecule has 3 aromatic rings. The fourth-order valence-electron chi connectivity index (χ4n) is 2.70. The lowest BCUT2D eigenvalue weighted by Gasteiger charge is -2.07. The highest BCUT2D eigenvalue weighted by atomic mass is 16.6. The Morgan fingerprint density at radius 3 is 2.64 bits per heavy atom. The van der Waals surface area contributed by atoms with E-state index in [0.717, 1.165) is 17.1 Å². The molecule has 1 aromatic heterocycles. The summed E-state index contributed by atoms with van der Waals surface area (Å²) in [5.74, 6) is 0.321. The van der Waals surface area contributed by atoms with Gasteiger partial charge in [0.1, 0.15) is 5.75 Å². The first kappa shape index (κ1) is 18.8. The van der Waals surface area contributed by atoms with Gasteiger partial charge in [0.25, 0.3) is 5.69 Å². The van der Waals surface area contributed by atoms with E-state index in [0.29, 0.717) is 5.56 Å². The number of nitro groups is 1. The molecule has 1 amide bonds. The van der Waals surface area contributed by atoms with Crippen LogP contribution in [0, 0.1) is 10.1 Å². The average Bonchev–Trinajstić information content (AvgIpc) is 3.17. The Labute approximate surface area is 161 Å². The van der Waals surface area contributed by atoms with Crippen LogP contribution in [0.1, 0.15) is 11.3 Å². The van der Waals surface area contributed by atoms with Crippen LogP contribution < -0.4 is 10.2 Å². The molecule has 28 heavy (non-hydrogen) atoms. The molecule has 0 aliphatic carbocycles. The number of nitrogens with zero attached hydrogens (tertiary/aromatic N) is 3. The summed E-state index contributed by atoms with van der Waals surface area (Å²) in [6, 6.07) is 17.4. The van der Waals surface area contributed by atoms with Gasteiger partial charge in [-0.1, -0.05) is 18.2 Å². The van der Waals surface area contributed by atoms with Crippen LogP contribution >= 0.6 is 0 Å². The van der Waals surface area contributed by atoms with Crippen molar-refractivity contribution in [2.45, 2.75) is 6.42 Å². The molecule has 0 aliphatic heterocycles. The van der Waals surface area contributed by atoms with Crippen LogP contribution in [0.2, 0.25) is 0 Å². The maximum absolute atomic E-state index is 12.1. The maximum atomic E-state index is 12.1. The highest BCUT2D eigenvalue weighted by molar-refractivity contribution is 5.83. The van der Waals surface area contributed by atoms with E-state index in [1.807, 2.05) is 47.2 Å². The van der Waals surface area contributed by atoms with Crippen molar-refractivity contribution in [3.8, 4) is 11.4 Å². The van der Waals surface area contributed by atoms with Gasteiger partial charge in [-0.25, -0.2) is 5.43 Å². The molecule has 142 valence electrons. The van der Waals surface area contributed by atoms with Gasteiger partial charge in [-0.15, -0.1) is 0 Å². The summed E-state index contributed by atoms with van der Waals surface area (Å²) < 4.78 is 7.05. The number of hydrogen-bond acceptors (Lipinski definition) is 5. The molecule has 0 aliphatic rings. The smallest absolute Gasteiger partial charge is 0.273 e. The van der Waals surface area contributed by atoms with E-state index >= 15 is 0 Å². The molecule has 1 heterocycles. The number of amides is 1. The number of para-hydroxylation sites is 1. The molecular formula is C20H18N4O4. The standard InChI is InChI=1S/C20H18N4O4/c1-28-18-10-8-16(9-11-18)23-12-4-6-17(23)14-21-22-20(25)13-15-5-2-3-7-19(15)24(26)27/h2-12,14H,13H2,1H3,(H,22,25). The van der Waals surface area contributed by atoms with Gasteiger partial charge >= 0.3 is 0 Å². The zero-order valence-electron chi connectivity index (χ0n) is 15.1. The summed E-state index contributed by atoms with van der Waals surface area (Å²) in [6.07, 6.45) is 3.26. The lowest BCUT2D eigenvalue weighted by atomic mass is 10.1. The second-order valence-corrected chi connectivity index (χ2v) is 5.86. The number of nitrogens with one attached hydrogen (secondary N) is 1. The minimum atomic E-state index is -0.506. The van der Waals surface area contributed by atoms with Crippen molar-refractivity contribution in [2.75, 3.05) is 7.11 Å². The van der Waals surface area contributed by atoms with Crippen LogP contribution in [0.25, 0.3) is 5.69 Å². The van der Waals surface area contributed by atoms with Gasteiger partial charge in [0, 0.05) is 23.5 Å². The van der Waals surface area contributed by atoms with Gasteiger partial charge in [-0.2, -0.15) is 5.10 Å². The van der Waals surface area contributed by atoms with Crippen molar-refractivity contribution >= 4 is 17.8 Å². The Hall–Kier alpha value is -3.94. The maximum Gasteiger partial charge on any atom is 0.273 e. The normalized spacial score (nSPS) is 10.8. The number of ether oxygens (including phenoxy) is 1. The minimum Gasteiger partial charge on any atom is -0.497 e. The number of nitro benzene ring substituents is 1. The molecule has 0 atom stereocenters. The van der Waals surface area contributed by atoms with Gasteiger partial charge in [0.05, 0.1) is 30.4 Å². The number of hydrogen-bond donors (Lipinski definition) is 1. The molecule has 0 saturated heterocycles. The van der Waals surface area contributed by atoms with E-state index in [1.165, 1.54) is 12.3 Å². The zero-order valence-corrected chi connectivity index (χ0v) is 15.1. The first-order chi connectivity index (χ1) is 13.6. The van der Waals surface area contributed by atoms with Crippen molar-refractivity contribution in [1.29, 1.82) is 0 Å². The van der Waals surface area contributed by atoms with Crippen molar-refractivity contribution in [3.63, 3.8) is 0 Å². The molecule has 0 radical (unpaired) electrons. The molecule has 0 spiro atoms.